The van der Waals surface area contributed by atoms with Gasteiger partial charge in [-0.2, -0.15) is 0 Å². The van der Waals surface area contributed by atoms with E-state index in [2.05, 4.69) is 30.6 Å². The Kier molecular flexibility index (Phi) is 9.57. The molecule has 0 aliphatic heterocycles. The van der Waals surface area contributed by atoms with Crippen molar-refractivity contribution in [1.29, 1.82) is 0 Å². The average Bonchev–Trinajstić information content (AvgIpc) is 2.95. The van der Waals surface area contributed by atoms with Crippen molar-refractivity contribution in [3.05, 3.63) is 108 Å². The summed E-state index contributed by atoms with van der Waals surface area (Å²) >= 11 is 0. The molecule has 0 aliphatic carbocycles. The number of carboxylic acids is 1. The van der Waals surface area contributed by atoms with Crippen LogP contribution in [0.1, 0.15) is 29.2 Å². The molecule has 13 heteroatoms. The zero-order valence-corrected chi connectivity index (χ0v) is 23.3. The number of nitrogens with zero attached hydrogens (tertiary/aromatic N) is 2. The Balaban J connectivity index is 1.33. The van der Waals surface area contributed by atoms with E-state index in [1.807, 2.05) is 25.1 Å². The largest absolute Gasteiger partial charge is 0.481 e. The first-order valence-electron chi connectivity index (χ1n) is 12.7. The van der Waals surface area contributed by atoms with E-state index >= 15 is 0 Å². The second kappa shape index (κ2) is 13.5. The van der Waals surface area contributed by atoms with Gasteiger partial charge in [-0.15, -0.1) is 0 Å². The minimum absolute atomic E-state index is 0.0334. The molecule has 0 bridgehead atoms. The van der Waals surface area contributed by atoms with Crippen LogP contribution in [0.2, 0.25) is 0 Å². The zero-order valence-electron chi connectivity index (χ0n) is 22.4. The summed E-state index contributed by atoms with van der Waals surface area (Å²) in [4.78, 5) is 44.1. The highest BCUT2D eigenvalue weighted by Crippen LogP contribution is 2.21. The number of aryl methyl sites for hydroxylation is 1. The normalized spacial score (nSPS) is 11.7. The number of para-hydroxylation sites is 1. The number of hydrogen-bond acceptors (Lipinski definition) is 7. The molecular formula is C29H28N6O6S. The standard InChI is InChI=1S/C29H28N6O6S/c1-19-5-2-3-7-24(19)33-29(39)32-22-11-8-20(9-12-22)15-27(36)34-26-13-10-21(17-31-26)25(16-28(37)38)35-42(40,41)23-6-4-14-30-18-23/h2-14,17-18,25,35H,15-16H2,1H3,(H,37,38)(H,31,34,36)(H2,32,33,39). The fourth-order valence-corrected chi connectivity index (χ4v) is 5.11. The van der Waals surface area contributed by atoms with E-state index < -0.39 is 28.5 Å². The quantitative estimate of drug-likeness (QED) is 0.174. The summed E-state index contributed by atoms with van der Waals surface area (Å²) in [7, 11) is -4.04. The topological polar surface area (TPSA) is 179 Å². The van der Waals surface area contributed by atoms with Gasteiger partial charge < -0.3 is 21.1 Å². The van der Waals surface area contributed by atoms with Crippen LogP contribution >= 0.6 is 0 Å². The van der Waals surface area contributed by atoms with Gasteiger partial charge >= 0.3 is 12.0 Å². The van der Waals surface area contributed by atoms with E-state index in [-0.39, 0.29) is 29.1 Å². The Bertz CT molecular complexity index is 1660. The third-order valence-corrected chi connectivity index (χ3v) is 7.50. The van der Waals surface area contributed by atoms with Crippen molar-refractivity contribution in [2.75, 3.05) is 16.0 Å². The number of nitrogens with one attached hydrogen (secondary N) is 4. The van der Waals surface area contributed by atoms with Gasteiger partial charge in [0.15, 0.2) is 0 Å². The Hall–Kier alpha value is -5.14. The molecule has 4 rings (SSSR count). The number of carbonyl (C=O) groups is 3. The van der Waals surface area contributed by atoms with Crippen LogP contribution in [0, 0.1) is 6.92 Å². The molecule has 5 N–H and O–H groups in total. The highest BCUT2D eigenvalue weighted by atomic mass is 32.2. The molecule has 0 spiro atoms. The molecule has 2 heterocycles. The summed E-state index contributed by atoms with van der Waals surface area (Å²) in [6.07, 6.45) is 3.39. The Morgan fingerprint density at radius 2 is 1.64 bits per heavy atom. The third-order valence-electron chi connectivity index (χ3n) is 6.05. The van der Waals surface area contributed by atoms with Crippen molar-refractivity contribution in [3.63, 3.8) is 0 Å². The Labute approximate surface area is 242 Å². The van der Waals surface area contributed by atoms with Gasteiger partial charge in [0.05, 0.1) is 18.9 Å². The van der Waals surface area contributed by atoms with Gasteiger partial charge in [0.25, 0.3) is 0 Å². The summed E-state index contributed by atoms with van der Waals surface area (Å²) < 4.78 is 27.8. The van der Waals surface area contributed by atoms with E-state index in [1.54, 1.807) is 30.3 Å². The number of sulfonamides is 1. The zero-order chi connectivity index (χ0) is 30.1. The number of urea groups is 1. The van der Waals surface area contributed by atoms with Gasteiger partial charge in [0, 0.05) is 30.0 Å². The number of carbonyl (C=O) groups excluding carboxylic acids is 2. The van der Waals surface area contributed by atoms with Gasteiger partial charge in [0.2, 0.25) is 15.9 Å². The molecule has 2 aromatic heterocycles. The Morgan fingerprint density at radius 3 is 2.29 bits per heavy atom. The van der Waals surface area contributed by atoms with Gasteiger partial charge in [-0.05, 0) is 60.0 Å². The maximum atomic E-state index is 12.7. The van der Waals surface area contributed by atoms with Crippen molar-refractivity contribution in [3.8, 4) is 0 Å². The summed E-state index contributed by atoms with van der Waals surface area (Å²) in [6.45, 7) is 1.89. The van der Waals surface area contributed by atoms with Crippen LogP contribution < -0.4 is 20.7 Å². The van der Waals surface area contributed by atoms with Crippen LogP contribution in [0.15, 0.2) is 96.3 Å². The second-order valence-corrected chi connectivity index (χ2v) is 11.0. The van der Waals surface area contributed by atoms with Crippen molar-refractivity contribution < 1.29 is 27.9 Å². The number of benzene rings is 2. The molecule has 0 aliphatic rings. The van der Waals surface area contributed by atoms with Crippen LogP contribution in [-0.2, 0) is 26.0 Å². The number of amides is 3. The minimum atomic E-state index is -4.04. The highest BCUT2D eigenvalue weighted by Gasteiger charge is 2.24. The van der Waals surface area contributed by atoms with Gasteiger partial charge in [-0.25, -0.2) is 22.9 Å². The molecule has 2 aromatic carbocycles. The number of hydrogen-bond donors (Lipinski definition) is 5. The van der Waals surface area contributed by atoms with Crippen LogP contribution in [0.5, 0.6) is 0 Å². The van der Waals surface area contributed by atoms with E-state index in [4.69, 9.17) is 0 Å². The number of aromatic nitrogens is 2. The third kappa shape index (κ3) is 8.43. The lowest BCUT2D eigenvalue weighted by molar-refractivity contribution is -0.137. The lowest BCUT2D eigenvalue weighted by atomic mass is 10.1. The van der Waals surface area contributed by atoms with Crippen LogP contribution in [0.4, 0.5) is 22.0 Å². The van der Waals surface area contributed by atoms with Crippen LogP contribution in [-0.4, -0.2) is 41.4 Å². The molecular weight excluding hydrogens is 560 g/mol. The summed E-state index contributed by atoms with van der Waals surface area (Å²) in [5, 5.41) is 17.5. The van der Waals surface area contributed by atoms with Crippen LogP contribution in [0.3, 0.4) is 0 Å². The van der Waals surface area contributed by atoms with Crippen LogP contribution in [0.25, 0.3) is 0 Å². The maximum Gasteiger partial charge on any atom is 0.323 e. The molecule has 3 amide bonds. The first-order valence-corrected chi connectivity index (χ1v) is 14.2. The smallest absolute Gasteiger partial charge is 0.323 e. The molecule has 12 nitrogen and oxygen atoms in total. The van der Waals surface area contributed by atoms with Crippen molar-refractivity contribution >= 4 is 45.1 Å². The highest BCUT2D eigenvalue weighted by molar-refractivity contribution is 7.89. The lowest BCUT2D eigenvalue weighted by Gasteiger charge is -2.17. The van der Waals surface area contributed by atoms with E-state index in [0.717, 1.165) is 11.8 Å². The average molecular weight is 589 g/mol. The van der Waals surface area contributed by atoms with Gasteiger partial charge in [-0.3, -0.25) is 14.6 Å². The lowest BCUT2D eigenvalue weighted by Crippen LogP contribution is -2.30. The molecule has 0 radical (unpaired) electrons. The SMILES string of the molecule is Cc1ccccc1NC(=O)Nc1ccc(CC(=O)Nc2ccc(C(CC(=O)O)NS(=O)(=O)c3cccnc3)cn2)cc1. The molecule has 1 atom stereocenters. The molecule has 216 valence electrons. The fraction of sp³-hybridized carbons (Fsp3) is 0.138. The number of anilines is 3. The van der Waals surface area contributed by atoms with Crippen molar-refractivity contribution in [2.24, 2.45) is 0 Å². The first kappa shape index (κ1) is 29.8. The summed E-state index contributed by atoms with van der Waals surface area (Å²) in [6, 6.07) is 18.5. The fourth-order valence-electron chi connectivity index (χ4n) is 3.93. The number of rotatable bonds is 11. The molecule has 0 fully saturated rings. The summed E-state index contributed by atoms with van der Waals surface area (Å²) in [5.74, 6) is -1.36. The van der Waals surface area contributed by atoms with E-state index in [9.17, 15) is 27.9 Å². The molecule has 4 aromatic rings. The molecule has 1 unspecified atom stereocenters. The first-order chi connectivity index (χ1) is 20.1. The number of carboxylic acid groups (broad SMARTS) is 1. The van der Waals surface area contributed by atoms with E-state index in [0.29, 0.717) is 22.5 Å². The predicted molar refractivity (Wildman–Crippen MR) is 156 cm³/mol. The van der Waals surface area contributed by atoms with Crippen molar-refractivity contribution in [2.45, 2.75) is 30.7 Å². The predicted octanol–water partition coefficient (Wildman–Crippen LogP) is 4.10. The molecule has 42 heavy (non-hydrogen) atoms. The Morgan fingerprint density at radius 1 is 0.881 bits per heavy atom. The summed E-state index contributed by atoms with van der Waals surface area (Å²) in [5.41, 5.74) is 3.19. The maximum absolute atomic E-state index is 12.7. The van der Waals surface area contributed by atoms with E-state index in [1.165, 1.54) is 36.7 Å². The molecule has 0 saturated heterocycles. The minimum Gasteiger partial charge on any atom is -0.481 e. The van der Waals surface area contributed by atoms with Gasteiger partial charge in [0.1, 0.15) is 10.7 Å². The monoisotopic (exact) mass is 588 g/mol. The number of aliphatic carboxylic acids is 1. The second-order valence-electron chi connectivity index (χ2n) is 9.25. The number of pyridine rings is 2. The van der Waals surface area contributed by atoms with Gasteiger partial charge in [-0.1, -0.05) is 36.4 Å². The molecule has 0 saturated carbocycles. The van der Waals surface area contributed by atoms with Crippen molar-refractivity contribution in [1.82, 2.24) is 14.7 Å².